The molecule has 0 aromatic carbocycles. The van der Waals surface area contributed by atoms with Gasteiger partial charge in [0.25, 0.3) is 0 Å². The number of rotatable bonds is 2. The third kappa shape index (κ3) is 3.33. The molecule has 4 aliphatic heterocycles. The summed E-state index contributed by atoms with van der Waals surface area (Å²) in [5.41, 5.74) is 9.26. The van der Waals surface area contributed by atoms with Crippen LogP contribution in [0.2, 0.25) is 0 Å². The minimum atomic E-state index is -1.13. The van der Waals surface area contributed by atoms with Gasteiger partial charge in [0.05, 0.1) is 71.1 Å². The van der Waals surface area contributed by atoms with Gasteiger partial charge in [0.15, 0.2) is 10.8 Å². The molecule has 4 heterocycles. The molecule has 0 fully saturated rings. The smallest absolute Gasteiger partial charge is 0.212 e. The number of fused-ring (bicyclic) bond motifs is 2. The maximum absolute atomic E-state index is 9.73. The molecule has 0 spiro atoms. The summed E-state index contributed by atoms with van der Waals surface area (Å²) in [6.45, 7) is 16.2. The number of nitriles is 4. The van der Waals surface area contributed by atoms with E-state index in [1.165, 1.54) is 0 Å². The minimum Gasteiger partial charge on any atom is -0.480 e. The maximum atomic E-state index is 9.73. The first-order valence-corrected chi connectivity index (χ1v) is 12.7. The Morgan fingerprint density at radius 3 is 1.24 bits per heavy atom. The monoisotopic (exact) mass is 516 g/mol. The van der Waals surface area contributed by atoms with Crippen molar-refractivity contribution >= 4 is 11.8 Å². The van der Waals surface area contributed by atoms with Gasteiger partial charge in [-0.05, 0) is 40.5 Å². The second-order valence-corrected chi connectivity index (χ2v) is 11.9. The van der Waals surface area contributed by atoms with Crippen LogP contribution in [-0.4, -0.2) is 36.1 Å². The van der Waals surface area contributed by atoms with Crippen molar-refractivity contribution in [3.8, 4) is 24.3 Å². The molecule has 2 aliphatic carbocycles. The highest BCUT2D eigenvalue weighted by Gasteiger charge is 2.66. The van der Waals surface area contributed by atoms with Crippen molar-refractivity contribution < 1.29 is 9.47 Å². The normalized spacial score (nSPS) is 35.4. The first-order chi connectivity index (χ1) is 17.6. The van der Waals surface area contributed by atoms with E-state index in [1.807, 2.05) is 55.4 Å². The largest absolute Gasteiger partial charge is 0.480 e. The first-order valence-electron chi connectivity index (χ1n) is 12.7. The molecule has 10 nitrogen and oxygen atoms in total. The van der Waals surface area contributed by atoms with E-state index in [2.05, 4.69) is 34.3 Å². The fourth-order valence-corrected chi connectivity index (χ4v) is 6.90. The van der Waals surface area contributed by atoms with Crippen molar-refractivity contribution in [3.63, 3.8) is 0 Å². The minimum absolute atomic E-state index is 0.301. The Kier molecular flexibility index (Phi) is 6.60. The molecule has 0 aromatic heterocycles. The second-order valence-electron chi connectivity index (χ2n) is 11.9. The molecule has 6 rings (SSSR count). The van der Waals surface area contributed by atoms with E-state index < -0.39 is 32.7 Å². The molecule has 4 atom stereocenters. The molecule has 10 heteroatoms. The summed E-state index contributed by atoms with van der Waals surface area (Å²) in [5.74, 6) is 0.709. The maximum Gasteiger partial charge on any atom is 0.212 e. The van der Waals surface area contributed by atoms with Crippen LogP contribution in [0.5, 0.6) is 0 Å². The lowest BCUT2D eigenvalue weighted by Gasteiger charge is -2.54. The van der Waals surface area contributed by atoms with Gasteiger partial charge >= 0.3 is 0 Å². The van der Waals surface area contributed by atoms with E-state index >= 15 is 0 Å². The van der Waals surface area contributed by atoms with Crippen molar-refractivity contribution in [1.29, 1.82) is 21.0 Å². The van der Waals surface area contributed by atoms with Crippen molar-refractivity contribution in [2.45, 2.75) is 79.3 Å². The molecule has 0 amide bonds. The predicted octanol–water partition coefficient (Wildman–Crippen LogP) is 3.74. The van der Waals surface area contributed by atoms with E-state index in [1.54, 1.807) is 0 Å². The summed E-state index contributed by atoms with van der Waals surface area (Å²) in [6, 6.07) is 8.80. The first kappa shape index (κ1) is 28.5. The van der Waals surface area contributed by atoms with Gasteiger partial charge in [-0.2, -0.15) is 21.0 Å². The average Bonchev–Trinajstić information content (AvgIpc) is 2.78. The zero-order valence-corrected chi connectivity index (χ0v) is 23.5. The standard InChI is InChI=1S/2C14H18N4O/c2*1-5-19-11-14(8-16)10(17)9(6-15)13(4,18-11)7-12(14,2)3/h2*5,7,17H2,1-4H3/t2*13-,14+/m00/s1. The molecule has 4 bridgehead atoms. The number of ether oxygens (including phenoxy) is 2. The van der Waals surface area contributed by atoms with Gasteiger partial charge in [0.1, 0.15) is 0 Å². The SMILES string of the molecule is CCOC1=N[C@@]2(C)CC(C)(C)[C@]1(C#N)C(N)=C2C#N.CCOC1=N[C@@]2(C)CC(C)(C)[C@]1(C#N)C(N)=C2C#N. The lowest BCUT2D eigenvalue weighted by atomic mass is 9.52. The van der Waals surface area contributed by atoms with E-state index in [0.29, 0.717) is 60.4 Å². The Labute approximate surface area is 224 Å². The van der Waals surface area contributed by atoms with Crippen LogP contribution in [0.3, 0.4) is 0 Å². The molecule has 0 saturated carbocycles. The van der Waals surface area contributed by atoms with Crippen molar-refractivity contribution in [2.24, 2.45) is 43.1 Å². The molecule has 200 valence electrons. The van der Waals surface area contributed by atoms with Crippen LogP contribution in [0.15, 0.2) is 32.5 Å². The van der Waals surface area contributed by atoms with Crippen LogP contribution in [0, 0.1) is 67.0 Å². The number of nitrogens with zero attached hydrogens (tertiary/aromatic N) is 6. The van der Waals surface area contributed by atoms with Crippen LogP contribution < -0.4 is 11.5 Å². The van der Waals surface area contributed by atoms with Crippen LogP contribution >= 0.6 is 0 Å². The van der Waals surface area contributed by atoms with Crippen LogP contribution in [0.1, 0.15) is 68.2 Å². The van der Waals surface area contributed by atoms with Gasteiger partial charge in [0, 0.05) is 10.8 Å². The molecule has 0 aromatic rings. The van der Waals surface area contributed by atoms with Crippen LogP contribution in [0.25, 0.3) is 0 Å². The fourth-order valence-electron chi connectivity index (χ4n) is 6.90. The van der Waals surface area contributed by atoms with E-state index in [9.17, 15) is 21.0 Å². The third-order valence-electron chi connectivity index (χ3n) is 8.49. The van der Waals surface area contributed by atoms with Crippen molar-refractivity contribution in [2.75, 3.05) is 13.2 Å². The summed E-state index contributed by atoms with van der Waals surface area (Å²) in [5, 5.41) is 38.1. The fraction of sp³-hybridized carbons (Fsp3) is 0.643. The molecule has 0 unspecified atom stereocenters. The third-order valence-corrected chi connectivity index (χ3v) is 8.49. The van der Waals surface area contributed by atoms with Crippen LogP contribution in [0.4, 0.5) is 0 Å². The number of aliphatic imine (C=N–C) groups is 2. The Hall–Kier alpha value is -4.02. The Morgan fingerprint density at radius 1 is 0.684 bits per heavy atom. The number of dihydropyridines is 2. The lowest BCUT2D eigenvalue weighted by molar-refractivity contribution is 0.107. The Morgan fingerprint density at radius 2 is 1.00 bits per heavy atom. The Balaban J connectivity index is 0.000000211. The molecular weight excluding hydrogens is 480 g/mol. The molecule has 38 heavy (non-hydrogen) atoms. The highest BCUT2D eigenvalue weighted by Crippen LogP contribution is 2.61. The summed E-state index contributed by atoms with van der Waals surface area (Å²) >= 11 is 0. The van der Waals surface area contributed by atoms with E-state index in [-0.39, 0.29) is 0 Å². The van der Waals surface area contributed by atoms with Crippen molar-refractivity contribution in [3.05, 3.63) is 22.5 Å². The zero-order valence-electron chi connectivity index (χ0n) is 23.5. The van der Waals surface area contributed by atoms with Gasteiger partial charge in [-0.3, -0.25) is 0 Å². The molecule has 0 radical (unpaired) electrons. The summed E-state index contributed by atoms with van der Waals surface area (Å²) in [7, 11) is 0. The summed E-state index contributed by atoms with van der Waals surface area (Å²) in [6.07, 6.45) is 1.21. The van der Waals surface area contributed by atoms with Gasteiger partial charge < -0.3 is 20.9 Å². The van der Waals surface area contributed by atoms with Gasteiger partial charge in [0.2, 0.25) is 11.8 Å². The van der Waals surface area contributed by atoms with Gasteiger partial charge in [-0.25, -0.2) is 9.98 Å². The van der Waals surface area contributed by atoms with E-state index in [0.717, 1.165) is 0 Å². The highest BCUT2D eigenvalue weighted by atomic mass is 16.5. The quantitative estimate of drug-likeness (QED) is 0.554. The molecule has 0 saturated heterocycles. The van der Waals surface area contributed by atoms with Crippen molar-refractivity contribution in [1.82, 2.24) is 0 Å². The second kappa shape index (κ2) is 8.78. The molecule has 4 N–H and O–H groups in total. The predicted molar refractivity (Wildman–Crippen MR) is 141 cm³/mol. The molecular formula is C28H36N8O2. The summed E-state index contributed by atoms with van der Waals surface area (Å²) in [4.78, 5) is 9.05. The topological polar surface area (TPSA) is 190 Å². The Bertz CT molecular complexity index is 1250. The molecule has 6 aliphatic rings. The number of hydrogen-bond donors (Lipinski definition) is 2. The number of nitrogens with two attached hydrogens (primary N) is 2. The van der Waals surface area contributed by atoms with Gasteiger partial charge in [-0.1, -0.05) is 27.7 Å². The van der Waals surface area contributed by atoms with Crippen LogP contribution in [-0.2, 0) is 9.47 Å². The van der Waals surface area contributed by atoms with E-state index in [4.69, 9.17) is 20.9 Å². The van der Waals surface area contributed by atoms with Gasteiger partial charge in [-0.15, -0.1) is 0 Å². The highest BCUT2D eigenvalue weighted by molar-refractivity contribution is 5.94. The zero-order chi connectivity index (χ0) is 28.9. The lowest BCUT2D eigenvalue weighted by Crippen LogP contribution is -2.60. The number of hydrogen-bond acceptors (Lipinski definition) is 10. The average molecular weight is 517 g/mol. The summed E-state index contributed by atoms with van der Waals surface area (Å²) < 4.78 is 11.2.